The number of fused-ring (bicyclic) bond motifs is 5. The number of allylic oxidation sites excluding steroid dienone is 3. The lowest BCUT2D eigenvalue weighted by Crippen LogP contribution is -2.65. The number of aliphatic hydroxyl groups is 2. The number of carbonyl (C=O) groups is 1. The van der Waals surface area contributed by atoms with Crippen LogP contribution in [0.2, 0.25) is 5.02 Å². The van der Waals surface area contributed by atoms with Crippen molar-refractivity contribution in [3.05, 3.63) is 46.5 Å². The molecule has 0 aliphatic carbocycles. The Morgan fingerprint density at radius 1 is 1.29 bits per heavy atom. The van der Waals surface area contributed by atoms with Crippen LogP contribution >= 0.6 is 11.6 Å². The molecule has 1 unspecified atom stereocenters. The van der Waals surface area contributed by atoms with Gasteiger partial charge in [0.25, 0.3) is 0 Å². The fraction of sp³-hybridized carbons (Fsp3) is 0.607. The third kappa shape index (κ3) is 5.94. The summed E-state index contributed by atoms with van der Waals surface area (Å²) in [4.78, 5) is 14.8. The van der Waals surface area contributed by atoms with Crippen molar-refractivity contribution in [1.29, 1.82) is 0 Å². The summed E-state index contributed by atoms with van der Waals surface area (Å²) in [7, 11) is 4.78. The van der Waals surface area contributed by atoms with Gasteiger partial charge in [0.05, 0.1) is 30.6 Å². The molecule has 10 heteroatoms. The number of amides is 1. The summed E-state index contributed by atoms with van der Waals surface area (Å²) in [5.74, 6) is 0.253. The van der Waals surface area contributed by atoms with E-state index in [1.165, 1.54) is 7.11 Å². The first-order valence-electron chi connectivity index (χ1n) is 12.9. The maximum atomic E-state index is 13.2. The average Bonchev–Trinajstić information content (AvgIpc) is 3.55. The van der Waals surface area contributed by atoms with Crippen molar-refractivity contribution in [3.8, 4) is 5.75 Å². The molecule has 4 rings (SSSR count). The van der Waals surface area contributed by atoms with Gasteiger partial charge in [-0.2, -0.15) is 0 Å². The number of nitrogens with zero attached hydrogens (tertiary/aromatic N) is 1. The van der Waals surface area contributed by atoms with Crippen LogP contribution in [-0.2, 0) is 25.4 Å². The second-order valence-electron chi connectivity index (χ2n) is 10.8. The molecule has 0 spiro atoms. The Kier molecular flexibility index (Phi) is 8.59. The van der Waals surface area contributed by atoms with E-state index in [0.29, 0.717) is 29.3 Å². The van der Waals surface area contributed by atoms with Crippen LogP contribution in [0.3, 0.4) is 0 Å². The van der Waals surface area contributed by atoms with Gasteiger partial charge in [-0.15, -0.1) is 0 Å². The van der Waals surface area contributed by atoms with E-state index in [0.717, 1.165) is 11.1 Å². The largest absolute Gasteiger partial charge is 0.495 e. The quantitative estimate of drug-likeness (QED) is 0.481. The first-order chi connectivity index (χ1) is 17.9. The SMILES string of the molecule is COc1cc2cc(c1Cl)N(C)C(=O)CC[C@]1(C)O[C@H]1[C@H](C)[C@@H]1C[C@@](O)(NC(O)O1)[C@H](OC)/C=C/C=C(\C)C2. The van der Waals surface area contributed by atoms with E-state index in [-0.39, 0.29) is 30.8 Å². The Bertz CT molecular complexity index is 1110. The van der Waals surface area contributed by atoms with Crippen LogP contribution in [-0.4, -0.2) is 73.4 Å². The zero-order valence-electron chi connectivity index (χ0n) is 22.9. The summed E-state index contributed by atoms with van der Waals surface area (Å²) >= 11 is 6.61. The Morgan fingerprint density at radius 2 is 2.03 bits per heavy atom. The fourth-order valence-electron chi connectivity index (χ4n) is 5.58. The number of halogens is 1. The smallest absolute Gasteiger partial charge is 0.226 e. The number of nitrogens with one attached hydrogen (secondary N) is 1. The molecule has 4 bridgehead atoms. The summed E-state index contributed by atoms with van der Waals surface area (Å²) in [6.07, 6.45) is 4.22. The molecule has 3 heterocycles. The number of benzene rings is 1. The van der Waals surface area contributed by atoms with Crippen molar-refractivity contribution in [2.24, 2.45) is 5.92 Å². The van der Waals surface area contributed by atoms with Gasteiger partial charge in [-0.1, -0.05) is 42.3 Å². The molecule has 1 aromatic rings. The van der Waals surface area contributed by atoms with Crippen LogP contribution in [0, 0.1) is 5.92 Å². The molecule has 3 N–H and O–H groups in total. The summed E-state index contributed by atoms with van der Waals surface area (Å²) in [5, 5.41) is 25.0. The van der Waals surface area contributed by atoms with Crippen molar-refractivity contribution in [1.82, 2.24) is 5.32 Å². The summed E-state index contributed by atoms with van der Waals surface area (Å²) < 4.78 is 23.0. The highest BCUT2D eigenvalue weighted by Gasteiger charge is 2.58. The maximum Gasteiger partial charge on any atom is 0.226 e. The van der Waals surface area contributed by atoms with Crippen molar-refractivity contribution < 1.29 is 34.0 Å². The molecule has 210 valence electrons. The van der Waals surface area contributed by atoms with Gasteiger partial charge in [0.2, 0.25) is 12.3 Å². The number of methoxy groups -OCH3 is 2. The van der Waals surface area contributed by atoms with Crippen LogP contribution in [0.15, 0.2) is 35.9 Å². The van der Waals surface area contributed by atoms with Crippen LogP contribution in [0.1, 0.15) is 45.6 Å². The third-order valence-corrected chi connectivity index (χ3v) is 8.32. The highest BCUT2D eigenvalue weighted by molar-refractivity contribution is 6.35. The van der Waals surface area contributed by atoms with E-state index >= 15 is 0 Å². The normalized spacial score (nSPS) is 38.7. The highest BCUT2D eigenvalue weighted by atomic mass is 35.5. The van der Waals surface area contributed by atoms with E-state index in [2.05, 4.69) is 5.32 Å². The van der Waals surface area contributed by atoms with Crippen LogP contribution < -0.4 is 15.0 Å². The van der Waals surface area contributed by atoms with Crippen LogP contribution in [0.5, 0.6) is 5.75 Å². The van der Waals surface area contributed by atoms with Gasteiger partial charge in [0, 0.05) is 32.9 Å². The number of hydrogen-bond donors (Lipinski definition) is 3. The topological polar surface area (TPSA) is 113 Å². The van der Waals surface area contributed by atoms with Gasteiger partial charge in [-0.3, -0.25) is 4.79 Å². The molecular formula is C28H39ClN2O7. The standard InChI is InChI=1S/C28H39ClN2O7/c1-16-8-7-9-22(36-6)28(34)15-21(37-26(33)30-28)17(2)25-27(3,38-25)11-10-23(32)31(4)19-13-18(12-16)14-20(35-5)24(19)29/h7-9,13-14,17,21-22,25-26,30,33-34H,10-12,15H2,1-6H3/b9-7+,16-8+/t17-,21+,22-,25+,26?,27+,28+/m1/s1. The number of carbonyl (C=O) groups excluding carboxylic acids is 1. The molecule has 9 nitrogen and oxygen atoms in total. The predicted molar refractivity (Wildman–Crippen MR) is 144 cm³/mol. The lowest BCUT2D eigenvalue weighted by atomic mass is 9.84. The Morgan fingerprint density at radius 3 is 2.71 bits per heavy atom. The van der Waals surface area contributed by atoms with Crippen LogP contribution in [0.4, 0.5) is 5.69 Å². The van der Waals surface area contributed by atoms with Gasteiger partial charge in [-0.25, -0.2) is 5.32 Å². The Hall–Kier alpha value is -1.98. The third-order valence-electron chi connectivity index (χ3n) is 7.94. The molecule has 3 aliphatic heterocycles. The number of epoxide rings is 1. The van der Waals surface area contributed by atoms with Crippen molar-refractivity contribution in [2.45, 2.75) is 82.5 Å². The first-order valence-corrected chi connectivity index (χ1v) is 13.3. The van der Waals surface area contributed by atoms with Gasteiger partial charge in [-0.05, 0) is 44.4 Å². The van der Waals surface area contributed by atoms with Crippen molar-refractivity contribution >= 4 is 23.2 Å². The monoisotopic (exact) mass is 550 g/mol. The molecule has 2 saturated heterocycles. The van der Waals surface area contributed by atoms with E-state index in [1.54, 1.807) is 25.1 Å². The molecule has 0 radical (unpaired) electrons. The van der Waals surface area contributed by atoms with Crippen LogP contribution in [0.25, 0.3) is 0 Å². The molecule has 1 aromatic carbocycles. The zero-order chi connectivity index (χ0) is 27.8. The molecule has 2 fully saturated rings. The van der Waals surface area contributed by atoms with E-state index < -0.39 is 29.9 Å². The first kappa shape index (κ1) is 29.0. The van der Waals surface area contributed by atoms with Gasteiger partial charge >= 0.3 is 0 Å². The molecule has 3 aliphatic rings. The maximum absolute atomic E-state index is 13.2. The molecule has 1 amide bonds. The molecule has 38 heavy (non-hydrogen) atoms. The summed E-state index contributed by atoms with van der Waals surface area (Å²) in [6, 6.07) is 3.78. The predicted octanol–water partition coefficient (Wildman–Crippen LogP) is 3.30. The van der Waals surface area contributed by atoms with Gasteiger partial charge < -0.3 is 34.1 Å². The molecule has 0 saturated carbocycles. The van der Waals surface area contributed by atoms with Crippen molar-refractivity contribution in [2.75, 3.05) is 26.2 Å². The Balaban J connectivity index is 1.71. The summed E-state index contributed by atoms with van der Waals surface area (Å²) in [5.41, 5.74) is 0.465. The van der Waals surface area contributed by atoms with E-state index in [9.17, 15) is 15.0 Å². The minimum absolute atomic E-state index is 0.0896. The number of hydrogen-bond acceptors (Lipinski definition) is 8. The fourth-order valence-corrected chi connectivity index (χ4v) is 5.89. The number of ether oxygens (including phenoxy) is 4. The number of rotatable bonds is 2. The molecule has 0 aromatic heterocycles. The average molecular weight is 551 g/mol. The van der Waals surface area contributed by atoms with E-state index in [1.807, 2.05) is 45.1 Å². The van der Waals surface area contributed by atoms with Gasteiger partial charge in [0.15, 0.2) is 5.72 Å². The minimum atomic E-state index is -1.56. The lowest BCUT2D eigenvalue weighted by molar-refractivity contribution is -0.270. The van der Waals surface area contributed by atoms with E-state index in [4.69, 9.17) is 30.5 Å². The zero-order valence-corrected chi connectivity index (χ0v) is 23.6. The number of aliphatic hydroxyl groups excluding tert-OH is 1. The second-order valence-corrected chi connectivity index (χ2v) is 11.2. The lowest BCUT2D eigenvalue weighted by Gasteiger charge is -2.44. The van der Waals surface area contributed by atoms with Gasteiger partial charge in [0.1, 0.15) is 16.9 Å². The second kappa shape index (κ2) is 11.3. The minimum Gasteiger partial charge on any atom is -0.495 e. The molecule has 7 atom stereocenters. The van der Waals surface area contributed by atoms with Crippen molar-refractivity contribution in [3.63, 3.8) is 0 Å². The molecular weight excluding hydrogens is 512 g/mol. The highest BCUT2D eigenvalue weighted by Crippen LogP contribution is 2.48. The summed E-state index contributed by atoms with van der Waals surface area (Å²) in [6.45, 7) is 5.93. The Labute approximate surface area is 229 Å². The number of anilines is 1.